The molecule has 1 aliphatic carbocycles. The molecule has 0 atom stereocenters. The Balaban J connectivity index is 2.10. The van der Waals surface area contributed by atoms with Gasteiger partial charge in [0.2, 0.25) is 5.91 Å². The Hall–Kier alpha value is -1.03. The molecule has 1 heterocycles. The van der Waals surface area contributed by atoms with Crippen molar-refractivity contribution in [2.45, 2.75) is 39.7 Å². The third-order valence-electron chi connectivity index (χ3n) is 3.32. The zero-order valence-corrected chi connectivity index (χ0v) is 11.0. The summed E-state index contributed by atoms with van der Waals surface area (Å²) in [6, 6.07) is 0. The van der Waals surface area contributed by atoms with Gasteiger partial charge in [-0.3, -0.25) is 9.89 Å². The van der Waals surface area contributed by atoms with Crippen molar-refractivity contribution in [1.29, 1.82) is 0 Å². The monoisotopic (exact) mass is 255 g/mol. The van der Waals surface area contributed by atoms with Gasteiger partial charge in [-0.15, -0.1) is 11.6 Å². The Morgan fingerprint density at radius 2 is 2.35 bits per heavy atom. The SMILES string of the molecule is CC1(C)CCc2[nH]nc(CNC(=O)CCl)c2C1. The number of fused-ring (bicyclic) bond motifs is 1. The highest BCUT2D eigenvalue weighted by atomic mass is 35.5. The Morgan fingerprint density at radius 3 is 3.06 bits per heavy atom. The molecule has 1 aromatic rings. The maximum absolute atomic E-state index is 11.1. The predicted molar refractivity (Wildman–Crippen MR) is 67.0 cm³/mol. The highest BCUT2D eigenvalue weighted by Crippen LogP contribution is 2.35. The van der Waals surface area contributed by atoms with Crippen molar-refractivity contribution in [3.8, 4) is 0 Å². The van der Waals surface area contributed by atoms with Crippen molar-refractivity contribution in [2.24, 2.45) is 5.41 Å². The third kappa shape index (κ3) is 2.80. The molecule has 0 radical (unpaired) electrons. The minimum atomic E-state index is -0.154. The van der Waals surface area contributed by atoms with E-state index in [0.29, 0.717) is 12.0 Å². The van der Waals surface area contributed by atoms with Crippen LogP contribution in [0.15, 0.2) is 0 Å². The number of carbonyl (C=O) groups excluding carboxylic acids is 1. The van der Waals surface area contributed by atoms with Crippen LogP contribution >= 0.6 is 11.6 Å². The summed E-state index contributed by atoms with van der Waals surface area (Å²) in [4.78, 5) is 11.1. The Kier molecular flexibility index (Phi) is 3.43. The minimum Gasteiger partial charge on any atom is -0.349 e. The zero-order valence-electron chi connectivity index (χ0n) is 10.3. The summed E-state index contributed by atoms with van der Waals surface area (Å²) in [6.07, 6.45) is 3.24. The molecular weight excluding hydrogens is 238 g/mol. The fourth-order valence-corrected chi connectivity index (χ4v) is 2.36. The van der Waals surface area contributed by atoms with Crippen molar-refractivity contribution in [2.75, 3.05) is 5.88 Å². The van der Waals surface area contributed by atoms with Gasteiger partial charge < -0.3 is 5.32 Å². The van der Waals surface area contributed by atoms with E-state index >= 15 is 0 Å². The van der Waals surface area contributed by atoms with E-state index in [9.17, 15) is 4.79 Å². The van der Waals surface area contributed by atoms with Crippen LogP contribution in [0.5, 0.6) is 0 Å². The summed E-state index contributed by atoms with van der Waals surface area (Å²) in [6.45, 7) is 5.00. The minimum absolute atomic E-state index is 0.00188. The van der Waals surface area contributed by atoms with E-state index in [-0.39, 0.29) is 11.8 Å². The number of aromatic nitrogens is 2. The lowest BCUT2D eigenvalue weighted by molar-refractivity contribution is -0.118. The summed E-state index contributed by atoms with van der Waals surface area (Å²) in [5.41, 5.74) is 3.77. The number of H-pyrrole nitrogens is 1. The summed E-state index contributed by atoms with van der Waals surface area (Å²) < 4.78 is 0. The number of rotatable bonds is 3. The number of aryl methyl sites for hydroxylation is 1. The fourth-order valence-electron chi connectivity index (χ4n) is 2.27. The molecule has 0 fully saturated rings. The normalized spacial score (nSPS) is 17.6. The molecule has 1 aliphatic rings. The van der Waals surface area contributed by atoms with Crippen LogP contribution in [-0.2, 0) is 24.2 Å². The van der Waals surface area contributed by atoms with Gasteiger partial charge >= 0.3 is 0 Å². The second kappa shape index (κ2) is 4.69. The average Bonchev–Trinajstić information content (AvgIpc) is 2.66. The first-order valence-corrected chi connectivity index (χ1v) is 6.43. The van der Waals surface area contributed by atoms with Crippen molar-refractivity contribution < 1.29 is 4.79 Å². The molecular formula is C12H18ClN3O. The Bertz CT molecular complexity index is 425. The molecule has 0 bridgehead atoms. The van der Waals surface area contributed by atoms with Crippen molar-refractivity contribution >= 4 is 17.5 Å². The van der Waals surface area contributed by atoms with Gasteiger partial charge in [-0.1, -0.05) is 13.8 Å². The van der Waals surface area contributed by atoms with Gasteiger partial charge in [0.05, 0.1) is 12.2 Å². The van der Waals surface area contributed by atoms with Crippen LogP contribution in [-0.4, -0.2) is 22.0 Å². The summed E-state index contributed by atoms with van der Waals surface area (Å²) >= 11 is 5.44. The lowest BCUT2D eigenvalue weighted by Crippen LogP contribution is -2.26. The molecule has 5 heteroatoms. The van der Waals surface area contributed by atoms with Crippen LogP contribution in [0.2, 0.25) is 0 Å². The van der Waals surface area contributed by atoms with Crippen LogP contribution < -0.4 is 5.32 Å². The Morgan fingerprint density at radius 1 is 1.59 bits per heavy atom. The number of hydrogen-bond acceptors (Lipinski definition) is 2. The van der Waals surface area contributed by atoms with E-state index in [0.717, 1.165) is 18.5 Å². The number of amides is 1. The molecule has 0 aliphatic heterocycles. The molecule has 0 saturated heterocycles. The van der Waals surface area contributed by atoms with Gasteiger partial charge in [-0.05, 0) is 30.2 Å². The Labute approximate surface area is 106 Å². The molecule has 4 nitrogen and oxygen atoms in total. The molecule has 94 valence electrons. The van der Waals surface area contributed by atoms with E-state index in [1.807, 2.05) is 0 Å². The molecule has 0 aromatic carbocycles. The number of nitrogens with zero attached hydrogens (tertiary/aromatic N) is 1. The summed E-state index contributed by atoms with van der Waals surface area (Å²) in [5, 5.41) is 10.1. The molecule has 2 rings (SSSR count). The van der Waals surface area contributed by atoms with Crippen molar-refractivity contribution in [1.82, 2.24) is 15.5 Å². The van der Waals surface area contributed by atoms with Gasteiger partial charge in [-0.25, -0.2) is 0 Å². The number of alkyl halides is 1. The van der Waals surface area contributed by atoms with Gasteiger partial charge in [0, 0.05) is 5.69 Å². The van der Waals surface area contributed by atoms with Gasteiger partial charge in [0.25, 0.3) is 0 Å². The van der Waals surface area contributed by atoms with E-state index in [1.54, 1.807) is 0 Å². The van der Waals surface area contributed by atoms with Gasteiger partial charge in [0.1, 0.15) is 5.88 Å². The van der Waals surface area contributed by atoms with Crippen LogP contribution in [0.25, 0.3) is 0 Å². The zero-order chi connectivity index (χ0) is 12.5. The third-order valence-corrected chi connectivity index (χ3v) is 3.56. The molecule has 2 N–H and O–H groups in total. The van der Waals surface area contributed by atoms with Crippen molar-refractivity contribution in [3.63, 3.8) is 0 Å². The molecule has 17 heavy (non-hydrogen) atoms. The summed E-state index contributed by atoms with van der Waals surface area (Å²) in [5.74, 6) is -0.156. The second-order valence-electron chi connectivity index (χ2n) is 5.38. The average molecular weight is 256 g/mol. The number of halogens is 1. The first kappa shape index (κ1) is 12.4. The number of carbonyl (C=O) groups is 1. The van der Waals surface area contributed by atoms with E-state index in [4.69, 9.17) is 11.6 Å². The van der Waals surface area contributed by atoms with E-state index in [2.05, 4.69) is 29.4 Å². The van der Waals surface area contributed by atoms with Crippen LogP contribution in [0.4, 0.5) is 0 Å². The maximum Gasteiger partial charge on any atom is 0.235 e. The first-order chi connectivity index (χ1) is 8.02. The largest absolute Gasteiger partial charge is 0.349 e. The number of hydrogen-bond donors (Lipinski definition) is 2. The highest BCUT2D eigenvalue weighted by molar-refractivity contribution is 6.27. The topological polar surface area (TPSA) is 57.8 Å². The lowest BCUT2D eigenvalue weighted by Gasteiger charge is -2.29. The lowest BCUT2D eigenvalue weighted by atomic mass is 9.76. The molecule has 0 saturated carbocycles. The molecule has 0 spiro atoms. The number of nitrogens with one attached hydrogen (secondary N) is 2. The second-order valence-corrected chi connectivity index (χ2v) is 5.65. The van der Waals surface area contributed by atoms with Gasteiger partial charge in [0.15, 0.2) is 0 Å². The van der Waals surface area contributed by atoms with E-state index < -0.39 is 0 Å². The molecule has 0 unspecified atom stereocenters. The smallest absolute Gasteiger partial charge is 0.235 e. The van der Waals surface area contributed by atoms with Crippen LogP contribution in [0, 0.1) is 5.41 Å². The van der Waals surface area contributed by atoms with Crippen molar-refractivity contribution in [3.05, 3.63) is 17.0 Å². The molecule has 1 aromatic heterocycles. The molecule has 1 amide bonds. The van der Waals surface area contributed by atoms with Crippen LogP contribution in [0.1, 0.15) is 37.2 Å². The predicted octanol–water partition coefficient (Wildman–Crippen LogP) is 1.78. The fraction of sp³-hybridized carbons (Fsp3) is 0.667. The van der Waals surface area contributed by atoms with Crippen LogP contribution in [0.3, 0.4) is 0 Å². The quantitative estimate of drug-likeness (QED) is 0.809. The maximum atomic E-state index is 11.1. The first-order valence-electron chi connectivity index (χ1n) is 5.89. The number of aromatic amines is 1. The van der Waals surface area contributed by atoms with E-state index in [1.165, 1.54) is 17.7 Å². The highest BCUT2D eigenvalue weighted by Gasteiger charge is 2.28. The standard InChI is InChI=1S/C12H18ClN3O/c1-12(2)4-3-9-8(5-12)10(16-15-9)7-14-11(17)6-13/h3-7H2,1-2H3,(H,14,17)(H,15,16). The van der Waals surface area contributed by atoms with Gasteiger partial charge in [-0.2, -0.15) is 5.10 Å². The summed E-state index contributed by atoms with van der Waals surface area (Å²) in [7, 11) is 0.